The van der Waals surface area contributed by atoms with Crippen LogP contribution in [0, 0.1) is 10.1 Å². The lowest BCUT2D eigenvalue weighted by atomic mass is 10.3. The molecule has 0 unspecified atom stereocenters. The van der Waals surface area contributed by atoms with Gasteiger partial charge in [-0.2, -0.15) is 10.2 Å². The molecule has 0 radical (unpaired) electrons. The van der Waals surface area contributed by atoms with E-state index in [9.17, 15) is 14.9 Å². The predicted octanol–water partition coefficient (Wildman–Crippen LogP) is 2.11. The monoisotopic (exact) mass is 390 g/mol. The average molecular weight is 391 g/mol. The quantitative estimate of drug-likeness (QED) is 0.465. The molecular weight excluding hydrogens is 376 g/mol. The molecule has 1 N–H and O–H groups in total. The maximum Gasteiger partial charge on any atom is 0.306 e. The summed E-state index contributed by atoms with van der Waals surface area (Å²) >= 11 is 6.01. The molecule has 11 heteroatoms. The first-order chi connectivity index (χ1) is 13.0. The molecule has 140 valence electrons. The lowest BCUT2D eigenvalue weighted by molar-refractivity contribution is -0.385. The fourth-order valence-electron chi connectivity index (χ4n) is 2.20. The van der Waals surface area contributed by atoms with E-state index in [0.717, 1.165) is 6.20 Å². The molecule has 0 atom stereocenters. The van der Waals surface area contributed by atoms with Gasteiger partial charge in [0.15, 0.2) is 6.73 Å². The summed E-state index contributed by atoms with van der Waals surface area (Å²) in [5.41, 5.74) is 0.128. The van der Waals surface area contributed by atoms with Crippen LogP contribution in [0.25, 0.3) is 0 Å². The maximum absolute atomic E-state index is 12.1. The van der Waals surface area contributed by atoms with Gasteiger partial charge in [0.1, 0.15) is 23.8 Å². The number of nitro groups is 1. The minimum atomic E-state index is -0.528. The van der Waals surface area contributed by atoms with Crippen molar-refractivity contribution < 1.29 is 14.5 Å². The molecule has 3 rings (SSSR count). The molecule has 3 aromatic rings. The van der Waals surface area contributed by atoms with Crippen LogP contribution in [-0.4, -0.2) is 36.9 Å². The SMILES string of the molecule is O=C(NCCn1cc([N+](=O)[O-])cn1)c1ccn(COc2ccccc2Cl)n1. The van der Waals surface area contributed by atoms with Gasteiger partial charge in [-0.25, -0.2) is 4.68 Å². The van der Waals surface area contributed by atoms with Crippen LogP contribution >= 0.6 is 11.6 Å². The second kappa shape index (κ2) is 8.32. The van der Waals surface area contributed by atoms with Crippen molar-refractivity contribution in [2.24, 2.45) is 0 Å². The molecule has 0 aliphatic carbocycles. The number of carbonyl (C=O) groups excluding carboxylic acids is 1. The van der Waals surface area contributed by atoms with Gasteiger partial charge in [-0.05, 0) is 18.2 Å². The Bertz CT molecular complexity index is 954. The van der Waals surface area contributed by atoms with Gasteiger partial charge in [0, 0.05) is 12.7 Å². The Morgan fingerprint density at radius 1 is 1.30 bits per heavy atom. The van der Waals surface area contributed by atoms with E-state index in [1.807, 2.05) is 0 Å². The van der Waals surface area contributed by atoms with Crippen LogP contribution < -0.4 is 10.1 Å². The number of nitrogens with zero attached hydrogens (tertiary/aromatic N) is 5. The fourth-order valence-corrected chi connectivity index (χ4v) is 2.39. The van der Waals surface area contributed by atoms with Gasteiger partial charge in [-0.3, -0.25) is 19.6 Å². The van der Waals surface area contributed by atoms with Crippen molar-refractivity contribution in [1.29, 1.82) is 0 Å². The van der Waals surface area contributed by atoms with Gasteiger partial charge in [0.05, 0.1) is 16.5 Å². The van der Waals surface area contributed by atoms with Gasteiger partial charge in [0.2, 0.25) is 0 Å². The molecule has 0 aliphatic rings. The number of rotatable bonds is 8. The second-order valence-corrected chi connectivity index (χ2v) is 5.83. The van der Waals surface area contributed by atoms with Crippen molar-refractivity contribution in [2.75, 3.05) is 6.54 Å². The van der Waals surface area contributed by atoms with Crippen molar-refractivity contribution in [3.63, 3.8) is 0 Å². The Labute approximate surface area is 158 Å². The molecule has 0 aliphatic heterocycles. The standard InChI is InChI=1S/C16H15ClN6O4/c17-13-3-1-2-4-15(13)27-11-22-7-5-14(20-22)16(24)18-6-8-21-10-12(9-19-21)23(25)26/h1-5,7,9-10H,6,8,11H2,(H,18,24). The summed E-state index contributed by atoms with van der Waals surface area (Å²) in [5, 5.41) is 21.7. The number of benzene rings is 1. The fraction of sp³-hybridized carbons (Fsp3) is 0.188. The minimum Gasteiger partial charge on any atom is -0.470 e. The predicted molar refractivity (Wildman–Crippen MR) is 95.5 cm³/mol. The summed E-state index contributed by atoms with van der Waals surface area (Å²) < 4.78 is 8.40. The topological polar surface area (TPSA) is 117 Å². The third-order valence-corrected chi connectivity index (χ3v) is 3.83. The van der Waals surface area contributed by atoms with E-state index in [1.54, 1.807) is 36.5 Å². The van der Waals surface area contributed by atoms with Gasteiger partial charge < -0.3 is 10.1 Å². The Kier molecular flexibility index (Phi) is 5.67. The van der Waals surface area contributed by atoms with Crippen molar-refractivity contribution >= 4 is 23.2 Å². The first kappa shape index (κ1) is 18.4. The highest BCUT2D eigenvalue weighted by molar-refractivity contribution is 6.32. The number of aromatic nitrogens is 4. The van der Waals surface area contributed by atoms with E-state index in [-0.39, 0.29) is 30.6 Å². The molecule has 1 aromatic carbocycles. The highest BCUT2D eigenvalue weighted by Crippen LogP contribution is 2.23. The van der Waals surface area contributed by atoms with Crippen LogP contribution in [0.2, 0.25) is 5.02 Å². The molecule has 0 bridgehead atoms. The number of hydrogen-bond acceptors (Lipinski definition) is 6. The first-order valence-electron chi connectivity index (χ1n) is 7.89. The van der Waals surface area contributed by atoms with E-state index in [4.69, 9.17) is 16.3 Å². The Morgan fingerprint density at radius 3 is 2.85 bits per heavy atom. The summed E-state index contributed by atoms with van der Waals surface area (Å²) in [7, 11) is 0. The number of amides is 1. The molecule has 27 heavy (non-hydrogen) atoms. The molecule has 0 saturated carbocycles. The number of carbonyl (C=O) groups is 1. The first-order valence-corrected chi connectivity index (χ1v) is 8.26. The highest BCUT2D eigenvalue weighted by Gasteiger charge is 2.11. The van der Waals surface area contributed by atoms with Crippen LogP contribution in [0.3, 0.4) is 0 Å². The lowest BCUT2D eigenvalue weighted by Gasteiger charge is -2.07. The minimum absolute atomic E-state index is 0.0985. The third-order valence-electron chi connectivity index (χ3n) is 3.52. The lowest BCUT2D eigenvalue weighted by Crippen LogP contribution is -2.28. The summed E-state index contributed by atoms with van der Waals surface area (Å²) in [4.78, 5) is 22.2. The molecule has 0 saturated heterocycles. The van der Waals surface area contributed by atoms with Crippen molar-refractivity contribution in [2.45, 2.75) is 13.3 Å². The van der Waals surface area contributed by atoms with Crippen LogP contribution in [0.15, 0.2) is 48.9 Å². The number of para-hydroxylation sites is 1. The van der Waals surface area contributed by atoms with Gasteiger partial charge >= 0.3 is 5.69 Å². The van der Waals surface area contributed by atoms with Crippen molar-refractivity contribution in [3.05, 3.63) is 69.8 Å². The molecule has 0 fully saturated rings. The highest BCUT2D eigenvalue weighted by atomic mass is 35.5. The maximum atomic E-state index is 12.1. The second-order valence-electron chi connectivity index (χ2n) is 5.42. The smallest absolute Gasteiger partial charge is 0.306 e. The van der Waals surface area contributed by atoms with E-state index in [1.165, 1.54) is 15.6 Å². The number of ether oxygens (including phenoxy) is 1. The van der Waals surface area contributed by atoms with Crippen LogP contribution in [0.4, 0.5) is 5.69 Å². The average Bonchev–Trinajstić information content (AvgIpc) is 3.30. The zero-order valence-corrected chi connectivity index (χ0v) is 14.7. The summed E-state index contributed by atoms with van der Waals surface area (Å²) in [6.07, 6.45) is 4.07. The number of halogens is 1. The summed E-state index contributed by atoms with van der Waals surface area (Å²) in [5.74, 6) is 0.155. The molecule has 2 aromatic heterocycles. The van der Waals surface area contributed by atoms with Crippen molar-refractivity contribution in [1.82, 2.24) is 24.9 Å². The largest absolute Gasteiger partial charge is 0.470 e. The Balaban J connectivity index is 1.47. The van der Waals surface area contributed by atoms with Crippen LogP contribution in [0.5, 0.6) is 5.75 Å². The van der Waals surface area contributed by atoms with E-state index >= 15 is 0 Å². The summed E-state index contributed by atoms with van der Waals surface area (Å²) in [6, 6.07) is 8.61. The number of nitrogens with one attached hydrogen (secondary N) is 1. The van der Waals surface area contributed by atoms with Crippen molar-refractivity contribution in [3.8, 4) is 5.75 Å². The molecular formula is C16H15ClN6O4. The van der Waals surface area contributed by atoms with E-state index in [2.05, 4.69) is 15.5 Å². The van der Waals surface area contributed by atoms with Gasteiger partial charge in [-0.1, -0.05) is 23.7 Å². The Hall–Kier alpha value is -3.40. The number of hydrogen-bond donors (Lipinski definition) is 1. The zero-order valence-electron chi connectivity index (χ0n) is 14.0. The van der Waals surface area contributed by atoms with E-state index < -0.39 is 4.92 Å². The summed E-state index contributed by atoms with van der Waals surface area (Å²) in [6.45, 7) is 0.657. The van der Waals surface area contributed by atoms with Crippen LogP contribution in [0.1, 0.15) is 10.5 Å². The van der Waals surface area contributed by atoms with E-state index in [0.29, 0.717) is 17.3 Å². The molecule has 1 amide bonds. The van der Waals surface area contributed by atoms with Crippen LogP contribution in [-0.2, 0) is 13.3 Å². The van der Waals surface area contributed by atoms with Gasteiger partial charge in [-0.15, -0.1) is 0 Å². The molecule has 2 heterocycles. The molecule has 10 nitrogen and oxygen atoms in total. The van der Waals surface area contributed by atoms with Gasteiger partial charge in [0.25, 0.3) is 5.91 Å². The zero-order chi connectivity index (χ0) is 19.2. The molecule has 0 spiro atoms. The third kappa shape index (κ3) is 4.82. The normalized spacial score (nSPS) is 10.6. The Morgan fingerprint density at radius 2 is 2.11 bits per heavy atom.